The van der Waals surface area contributed by atoms with Crippen LogP contribution in [0.2, 0.25) is 5.02 Å². The van der Waals surface area contributed by atoms with Crippen LogP contribution in [0.1, 0.15) is 11.1 Å². The highest BCUT2D eigenvalue weighted by atomic mass is 35.5. The van der Waals surface area contributed by atoms with Crippen molar-refractivity contribution in [2.45, 2.75) is 6.18 Å². The van der Waals surface area contributed by atoms with Gasteiger partial charge in [-0.1, -0.05) is 11.6 Å². The molecule has 0 aliphatic heterocycles. The van der Waals surface area contributed by atoms with Crippen LogP contribution >= 0.6 is 11.6 Å². The SMILES string of the molecule is COc1cc(C=NNc2ccc(C(F)(F)F)cc2)cc(Cl)c1OC. The molecule has 0 amide bonds. The third-order valence-corrected chi connectivity index (χ3v) is 3.36. The Hall–Kier alpha value is -2.41. The van der Waals surface area contributed by atoms with Gasteiger partial charge in [0.05, 0.1) is 36.7 Å². The number of nitrogens with one attached hydrogen (secondary N) is 1. The van der Waals surface area contributed by atoms with E-state index in [0.29, 0.717) is 27.8 Å². The van der Waals surface area contributed by atoms with Crippen molar-refractivity contribution in [3.05, 3.63) is 52.5 Å². The molecule has 2 aromatic carbocycles. The maximum Gasteiger partial charge on any atom is 0.416 e. The summed E-state index contributed by atoms with van der Waals surface area (Å²) in [5.74, 6) is 0.855. The normalized spacial score (nSPS) is 11.6. The fourth-order valence-corrected chi connectivity index (χ4v) is 2.22. The molecule has 24 heavy (non-hydrogen) atoms. The van der Waals surface area contributed by atoms with Crippen LogP contribution in [0.4, 0.5) is 18.9 Å². The number of hydrogen-bond acceptors (Lipinski definition) is 4. The second-order valence-corrected chi connectivity index (χ2v) is 5.09. The second kappa shape index (κ2) is 7.44. The molecular weight excluding hydrogens is 345 g/mol. The van der Waals surface area contributed by atoms with E-state index in [0.717, 1.165) is 12.1 Å². The fourth-order valence-electron chi connectivity index (χ4n) is 1.93. The van der Waals surface area contributed by atoms with Crippen molar-refractivity contribution in [2.75, 3.05) is 19.6 Å². The van der Waals surface area contributed by atoms with Crippen LogP contribution in [0.3, 0.4) is 0 Å². The number of anilines is 1. The zero-order valence-corrected chi connectivity index (χ0v) is 13.6. The summed E-state index contributed by atoms with van der Waals surface area (Å²) in [6.45, 7) is 0. The Bertz CT molecular complexity index is 731. The van der Waals surface area contributed by atoms with Gasteiger partial charge in [-0.2, -0.15) is 18.3 Å². The lowest BCUT2D eigenvalue weighted by Crippen LogP contribution is -2.04. The number of nitrogens with zero attached hydrogens (tertiary/aromatic N) is 1. The first-order chi connectivity index (χ1) is 11.3. The molecule has 0 aliphatic carbocycles. The second-order valence-electron chi connectivity index (χ2n) is 4.68. The lowest BCUT2D eigenvalue weighted by molar-refractivity contribution is -0.137. The topological polar surface area (TPSA) is 42.8 Å². The van der Waals surface area contributed by atoms with E-state index in [1.807, 2.05) is 0 Å². The lowest BCUT2D eigenvalue weighted by Gasteiger charge is -2.10. The first-order valence-electron chi connectivity index (χ1n) is 6.73. The predicted octanol–water partition coefficient (Wildman–Crippen LogP) is 4.82. The standard InChI is InChI=1S/C16H14ClF3N2O2/c1-23-14-8-10(7-13(17)15(14)24-2)9-21-22-12-5-3-11(4-6-12)16(18,19)20/h3-9,22H,1-2H3. The van der Waals surface area contributed by atoms with Crippen LogP contribution < -0.4 is 14.9 Å². The minimum Gasteiger partial charge on any atom is -0.493 e. The van der Waals surface area contributed by atoms with E-state index < -0.39 is 11.7 Å². The van der Waals surface area contributed by atoms with Gasteiger partial charge in [0.15, 0.2) is 11.5 Å². The number of rotatable bonds is 5. The van der Waals surface area contributed by atoms with Gasteiger partial charge in [0.2, 0.25) is 0 Å². The van der Waals surface area contributed by atoms with Crippen LogP contribution in [0.5, 0.6) is 11.5 Å². The largest absolute Gasteiger partial charge is 0.493 e. The Labute approximate surface area is 141 Å². The number of hydrogen-bond donors (Lipinski definition) is 1. The molecule has 2 aromatic rings. The lowest BCUT2D eigenvalue weighted by atomic mass is 10.2. The maximum absolute atomic E-state index is 12.5. The summed E-state index contributed by atoms with van der Waals surface area (Å²) >= 11 is 6.08. The van der Waals surface area contributed by atoms with E-state index in [2.05, 4.69) is 10.5 Å². The van der Waals surface area contributed by atoms with Crippen molar-refractivity contribution < 1.29 is 22.6 Å². The number of halogens is 4. The number of hydrazone groups is 1. The Morgan fingerprint density at radius 3 is 2.29 bits per heavy atom. The van der Waals surface area contributed by atoms with Crippen LogP contribution in [-0.4, -0.2) is 20.4 Å². The molecule has 1 N–H and O–H groups in total. The average Bonchev–Trinajstić information content (AvgIpc) is 2.54. The van der Waals surface area contributed by atoms with Crippen molar-refractivity contribution in [3.63, 3.8) is 0 Å². The third-order valence-electron chi connectivity index (χ3n) is 3.08. The molecule has 0 saturated carbocycles. The number of benzene rings is 2. The molecular formula is C16H14ClF3N2O2. The third kappa shape index (κ3) is 4.32. The van der Waals surface area contributed by atoms with Gasteiger partial charge in [0, 0.05) is 0 Å². The highest BCUT2D eigenvalue weighted by molar-refractivity contribution is 6.32. The summed E-state index contributed by atoms with van der Waals surface area (Å²) < 4.78 is 47.7. The number of methoxy groups -OCH3 is 2. The molecule has 0 bridgehead atoms. The predicted molar refractivity (Wildman–Crippen MR) is 87.2 cm³/mol. The maximum atomic E-state index is 12.5. The Morgan fingerprint density at radius 1 is 1.08 bits per heavy atom. The van der Waals surface area contributed by atoms with Gasteiger partial charge in [-0.05, 0) is 42.0 Å². The minimum atomic E-state index is -4.36. The molecule has 8 heteroatoms. The van der Waals surface area contributed by atoms with E-state index in [-0.39, 0.29) is 0 Å². The van der Waals surface area contributed by atoms with E-state index in [1.165, 1.54) is 32.6 Å². The van der Waals surface area contributed by atoms with Gasteiger partial charge in [0.1, 0.15) is 0 Å². The number of alkyl halides is 3. The van der Waals surface area contributed by atoms with E-state index in [9.17, 15) is 13.2 Å². The van der Waals surface area contributed by atoms with Gasteiger partial charge in [0.25, 0.3) is 0 Å². The fraction of sp³-hybridized carbons (Fsp3) is 0.188. The molecule has 0 aliphatic rings. The smallest absolute Gasteiger partial charge is 0.416 e. The number of ether oxygens (including phenoxy) is 2. The Balaban J connectivity index is 2.10. The summed E-state index contributed by atoms with van der Waals surface area (Å²) in [6.07, 6.45) is -2.90. The highest BCUT2D eigenvalue weighted by Gasteiger charge is 2.29. The van der Waals surface area contributed by atoms with Gasteiger partial charge < -0.3 is 9.47 Å². The molecule has 0 unspecified atom stereocenters. The van der Waals surface area contributed by atoms with Crippen LogP contribution in [-0.2, 0) is 6.18 Å². The summed E-state index contributed by atoms with van der Waals surface area (Å²) in [4.78, 5) is 0. The molecule has 0 atom stereocenters. The highest BCUT2D eigenvalue weighted by Crippen LogP contribution is 2.35. The van der Waals surface area contributed by atoms with Crippen LogP contribution in [0.15, 0.2) is 41.5 Å². The van der Waals surface area contributed by atoms with Gasteiger partial charge in [-0.3, -0.25) is 5.43 Å². The summed E-state index contributed by atoms with van der Waals surface area (Å²) in [5, 5.41) is 4.32. The zero-order chi connectivity index (χ0) is 17.7. The molecule has 0 radical (unpaired) electrons. The van der Waals surface area contributed by atoms with Crippen LogP contribution in [0, 0.1) is 0 Å². The van der Waals surface area contributed by atoms with Crippen LogP contribution in [0.25, 0.3) is 0 Å². The molecule has 0 heterocycles. The van der Waals surface area contributed by atoms with E-state index in [4.69, 9.17) is 21.1 Å². The molecule has 0 spiro atoms. The van der Waals surface area contributed by atoms with Crippen molar-refractivity contribution in [1.82, 2.24) is 0 Å². The molecule has 0 fully saturated rings. The first-order valence-corrected chi connectivity index (χ1v) is 7.11. The van der Waals surface area contributed by atoms with E-state index >= 15 is 0 Å². The zero-order valence-electron chi connectivity index (χ0n) is 12.8. The van der Waals surface area contributed by atoms with Gasteiger partial charge >= 0.3 is 6.18 Å². The van der Waals surface area contributed by atoms with E-state index in [1.54, 1.807) is 12.1 Å². The quantitative estimate of drug-likeness (QED) is 0.615. The minimum absolute atomic E-state index is 0.354. The first kappa shape index (κ1) is 17.9. The van der Waals surface area contributed by atoms with Gasteiger partial charge in [-0.25, -0.2) is 0 Å². The van der Waals surface area contributed by atoms with Gasteiger partial charge in [-0.15, -0.1) is 0 Å². The molecule has 0 aromatic heterocycles. The Kier molecular flexibility index (Phi) is 5.56. The molecule has 4 nitrogen and oxygen atoms in total. The Morgan fingerprint density at radius 2 is 1.75 bits per heavy atom. The molecule has 2 rings (SSSR count). The summed E-state index contributed by atoms with van der Waals surface area (Å²) in [6, 6.07) is 7.84. The summed E-state index contributed by atoms with van der Waals surface area (Å²) in [5.41, 5.74) is 2.98. The van der Waals surface area contributed by atoms with Crippen molar-refractivity contribution in [1.29, 1.82) is 0 Å². The summed E-state index contributed by atoms with van der Waals surface area (Å²) in [7, 11) is 2.96. The monoisotopic (exact) mass is 358 g/mol. The van der Waals surface area contributed by atoms with Crippen molar-refractivity contribution >= 4 is 23.5 Å². The molecule has 128 valence electrons. The van der Waals surface area contributed by atoms with Crippen molar-refractivity contribution in [3.8, 4) is 11.5 Å². The molecule has 0 saturated heterocycles. The average molecular weight is 359 g/mol. The van der Waals surface area contributed by atoms with Crippen molar-refractivity contribution in [2.24, 2.45) is 5.10 Å².